The summed E-state index contributed by atoms with van der Waals surface area (Å²) in [5.74, 6) is 0.897. The number of amides is 1. The van der Waals surface area contributed by atoms with Crippen LogP contribution in [0.25, 0.3) is 0 Å². The minimum Gasteiger partial charge on any atom is -0.351 e. The smallest absolute Gasteiger partial charge is 0.270 e. The summed E-state index contributed by atoms with van der Waals surface area (Å²) in [7, 11) is 0. The summed E-state index contributed by atoms with van der Waals surface area (Å²) in [5.41, 5.74) is 6.01. The third-order valence-electron chi connectivity index (χ3n) is 3.94. The van der Waals surface area contributed by atoms with Crippen LogP contribution < -0.4 is 11.1 Å². The Morgan fingerprint density at radius 2 is 2.20 bits per heavy atom. The maximum Gasteiger partial charge on any atom is 0.270 e. The quantitative estimate of drug-likeness (QED) is 0.725. The molecule has 0 radical (unpaired) electrons. The fourth-order valence-electron chi connectivity index (χ4n) is 2.80. The first-order chi connectivity index (χ1) is 9.79. The van der Waals surface area contributed by atoms with Crippen LogP contribution in [0.4, 0.5) is 0 Å². The van der Waals surface area contributed by atoms with Gasteiger partial charge in [0.1, 0.15) is 5.69 Å². The first-order valence-corrected chi connectivity index (χ1v) is 8.60. The van der Waals surface area contributed by atoms with E-state index in [1.54, 1.807) is 0 Å². The van der Waals surface area contributed by atoms with E-state index in [1.165, 1.54) is 49.9 Å². The van der Waals surface area contributed by atoms with Gasteiger partial charge in [-0.2, -0.15) is 0 Å². The SMILES string of the molecule is NCCc1nc(C(=O)NCCCCC2CCCC2)cs1. The van der Waals surface area contributed by atoms with E-state index in [2.05, 4.69) is 10.3 Å². The van der Waals surface area contributed by atoms with Gasteiger partial charge in [-0.05, 0) is 18.9 Å². The minimum atomic E-state index is -0.0506. The van der Waals surface area contributed by atoms with Gasteiger partial charge in [-0.1, -0.05) is 38.5 Å². The van der Waals surface area contributed by atoms with Gasteiger partial charge in [0.25, 0.3) is 5.91 Å². The Kier molecular flexibility index (Phi) is 6.47. The molecule has 1 heterocycles. The molecular formula is C15H25N3OS. The van der Waals surface area contributed by atoms with Crippen molar-refractivity contribution >= 4 is 17.2 Å². The highest BCUT2D eigenvalue weighted by Gasteiger charge is 2.14. The average molecular weight is 295 g/mol. The molecule has 4 nitrogen and oxygen atoms in total. The number of rotatable bonds is 8. The Labute approximate surface area is 125 Å². The van der Waals surface area contributed by atoms with E-state index >= 15 is 0 Å². The molecule has 1 saturated carbocycles. The first kappa shape index (κ1) is 15.4. The van der Waals surface area contributed by atoms with Crippen LogP contribution in [0.2, 0.25) is 0 Å². The number of nitrogens with one attached hydrogen (secondary N) is 1. The first-order valence-electron chi connectivity index (χ1n) is 7.72. The molecule has 0 aliphatic heterocycles. The highest BCUT2D eigenvalue weighted by atomic mass is 32.1. The van der Waals surface area contributed by atoms with E-state index in [0.717, 1.165) is 30.3 Å². The Bertz CT molecular complexity index is 413. The van der Waals surface area contributed by atoms with Gasteiger partial charge in [0.2, 0.25) is 0 Å². The van der Waals surface area contributed by atoms with Crippen LogP contribution in [0.5, 0.6) is 0 Å². The number of carbonyl (C=O) groups is 1. The van der Waals surface area contributed by atoms with Crippen LogP contribution in [-0.2, 0) is 6.42 Å². The normalized spacial score (nSPS) is 15.7. The summed E-state index contributed by atoms with van der Waals surface area (Å²) in [5, 5.41) is 5.72. The molecule has 0 unspecified atom stereocenters. The molecular weight excluding hydrogens is 270 g/mol. The number of hydrogen-bond acceptors (Lipinski definition) is 4. The van der Waals surface area contributed by atoms with E-state index in [9.17, 15) is 4.79 Å². The van der Waals surface area contributed by atoms with Crippen molar-refractivity contribution < 1.29 is 4.79 Å². The predicted octanol–water partition coefficient (Wildman–Crippen LogP) is 2.73. The second-order valence-corrected chi connectivity index (χ2v) is 6.51. The van der Waals surface area contributed by atoms with Crippen molar-refractivity contribution in [2.24, 2.45) is 11.7 Å². The van der Waals surface area contributed by atoms with Gasteiger partial charge in [0, 0.05) is 18.3 Å². The van der Waals surface area contributed by atoms with E-state index in [4.69, 9.17) is 5.73 Å². The standard InChI is InChI=1S/C15H25N3OS/c16-9-8-14-18-13(11-20-14)15(19)17-10-4-3-7-12-5-1-2-6-12/h11-12H,1-10,16H2,(H,17,19). The van der Waals surface area contributed by atoms with E-state index in [0.29, 0.717) is 12.2 Å². The Morgan fingerprint density at radius 3 is 2.95 bits per heavy atom. The number of hydrogen-bond donors (Lipinski definition) is 2. The zero-order valence-corrected chi connectivity index (χ0v) is 12.9. The summed E-state index contributed by atoms with van der Waals surface area (Å²) < 4.78 is 0. The molecule has 1 amide bonds. The summed E-state index contributed by atoms with van der Waals surface area (Å²) >= 11 is 1.51. The van der Waals surface area contributed by atoms with E-state index in [-0.39, 0.29) is 5.91 Å². The number of nitrogens with zero attached hydrogens (tertiary/aromatic N) is 1. The molecule has 3 N–H and O–H groups in total. The molecule has 5 heteroatoms. The molecule has 1 fully saturated rings. The van der Waals surface area contributed by atoms with Crippen LogP contribution in [0.3, 0.4) is 0 Å². The van der Waals surface area contributed by atoms with Gasteiger partial charge in [0.05, 0.1) is 5.01 Å². The summed E-state index contributed by atoms with van der Waals surface area (Å²) in [6.07, 6.45) is 10.0. The van der Waals surface area contributed by atoms with Crippen molar-refractivity contribution in [3.8, 4) is 0 Å². The van der Waals surface area contributed by atoms with Gasteiger partial charge in [-0.25, -0.2) is 4.98 Å². The number of carbonyl (C=O) groups excluding carboxylic acids is 1. The second kappa shape index (κ2) is 8.37. The van der Waals surface area contributed by atoms with E-state index < -0.39 is 0 Å². The van der Waals surface area contributed by atoms with Gasteiger partial charge < -0.3 is 11.1 Å². The molecule has 112 valence electrons. The average Bonchev–Trinajstić information content (AvgIpc) is 3.10. The minimum absolute atomic E-state index is 0.0506. The van der Waals surface area contributed by atoms with Gasteiger partial charge in [-0.15, -0.1) is 11.3 Å². The predicted molar refractivity (Wildman–Crippen MR) is 83.0 cm³/mol. The number of aromatic nitrogens is 1. The van der Waals surface area contributed by atoms with Gasteiger partial charge in [0.15, 0.2) is 0 Å². The summed E-state index contributed by atoms with van der Waals surface area (Å²) in [6.45, 7) is 1.34. The van der Waals surface area contributed by atoms with Crippen molar-refractivity contribution in [3.05, 3.63) is 16.1 Å². The molecule has 20 heavy (non-hydrogen) atoms. The zero-order valence-electron chi connectivity index (χ0n) is 12.1. The molecule has 0 atom stereocenters. The molecule has 1 aliphatic rings. The third kappa shape index (κ3) is 4.87. The van der Waals surface area contributed by atoms with Crippen molar-refractivity contribution in [1.82, 2.24) is 10.3 Å². The lowest BCUT2D eigenvalue weighted by Crippen LogP contribution is -2.24. The van der Waals surface area contributed by atoms with Crippen LogP contribution >= 0.6 is 11.3 Å². The molecule has 0 spiro atoms. The molecule has 1 aliphatic carbocycles. The van der Waals surface area contributed by atoms with Crippen molar-refractivity contribution in [2.45, 2.75) is 51.4 Å². The topological polar surface area (TPSA) is 68.0 Å². The molecule has 0 saturated heterocycles. The highest BCUT2D eigenvalue weighted by molar-refractivity contribution is 7.09. The maximum absolute atomic E-state index is 11.9. The largest absolute Gasteiger partial charge is 0.351 e. The lowest BCUT2D eigenvalue weighted by Gasteiger charge is -2.08. The summed E-state index contributed by atoms with van der Waals surface area (Å²) in [6, 6.07) is 0. The number of nitrogens with two attached hydrogens (primary N) is 1. The summed E-state index contributed by atoms with van der Waals surface area (Å²) in [4.78, 5) is 16.2. The maximum atomic E-state index is 11.9. The van der Waals surface area contributed by atoms with E-state index in [1.807, 2.05) is 5.38 Å². The van der Waals surface area contributed by atoms with Crippen LogP contribution in [0.15, 0.2) is 5.38 Å². The lowest BCUT2D eigenvalue weighted by molar-refractivity contribution is 0.0948. The van der Waals surface area contributed by atoms with Crippen LogP contribution in [0.1, 0.15) is 60.4 Å². The lowest BCUT2D eigenvalue weighted by atomic mass is 10.0. The Morgan fingerprint density at radius 1 is 1.40 bits per heavy atom. The fraction of sp³-hybridized carbons (Fsp3) is 0.733. The zero-order chi connectivity index (χ0) is 14.2. The molecule has 1 aromatic rings. The monoisotopic (exact) mass is 295 g/mol. The molecule has 0 aromatic carbocycles. The molecule has 1 aromatic heterocycles. The van der Waals surface area contributed by atoms with Crippen molar-refractivity contribution in [2.75, 3.05) is 13.1 Å². The van der Waals surface area contributed by atoms with Gasteiger partial charge in [-0.3, -0.25) is 4.79 Å². The molecule has 2 rings (SSSR count). The fourth-order valence-corrected chi connectivity index (χ4v) is 3.60. The number of unbranched alkanes of at least 4 members (excludes halogenated alkanes) is 1. The Hall–Kier alpha value is -0.940. The van der Waals surface area contributed by atoms with Gasteiger partial charge >= 0.3 is 0 Å². The van der Waals surface area contributed by atoms with Crippen LogP contribution in [-0.4, -0.2) is 24.0 Å². The van der Waals surface area contributed by atoms with Crippen LogP contribution in [0, 0.1) is 5.92 Å². The third-order valence-corrected chi connectivity index (χ3v) is 4.85. The van der Waals surface area contributed by atoms with Crippen molar-refractivity contribution in [3.63, 3.8) is 0 Å². The second-order valence-electron chi connectivity index (χ2n) is 5.57. The van der Waals surface area contributed by atoms with Crippen molar-refractivity contribution in [1.29, 1.82) is 0 Å². The molecule has 0 bridgehead atoms. The number of thiazole rings is 1. The Balaban J connectivity index is 1.59. The highest BCUT2D eigenvalue weighted by Crippen LogP contribution is 2.28.